The van der Waals surface area contributed by atoms with E-state index in [0.717, 1.165) is 5.92 Å². The Morgan fingerprint density at radius 1 is 0.780 bits per heavy atom. The van der Waals surface area contributed by atoms with Gasteiger partial charge in [-0.25, -0.2) is 4.79 Å². The van der Waals surface area contributed by atoms with Crippen molar-refractivity contribution in [3.05, 3.63) is 90.4 Å². The molecule has 5 amide bonds. The molecule has 1 aromatic heterocycles. The molecule has 0 bridgehead atoms. The number of carboxylic acids is 1. The molecule has 0 saturated heterocycles. The molecule has 0 aliphatic rings. The summed E-state index contributed by atoms with van der Waals surface area (Å²) < 4.78 is 4.77. The number of benzene rings is 2. The lowest BCUT2D eigenvalue weighted by Crippen LogP contribution is -2.53. The molecule has 0 saturated carbocycles. The summed E-state index contributed by atoms with van der Waals surface area (Å²) in [6.07, 6.45) is 1.41. The second kappa shape index (κ2) is 25.5. The Labute approximate surface area is 294 Å². The summed E-state index contributed by atoms with van der Waals surface area (Å²) in [6, 6.07) is 19.7. The van der Waals surface area contributed by atoms with Gasteiger partial charge in [-0.05, 0) is 49.1 Å². The van der Waals surface area contributed by atoms with Crippen molar-refractivity contribution in [1.82, 2.24) is 21.3 Å². The van der Waals surface area contributed by atoms with Gasteiger partial charge in [0.2, 0.25) is 23.6 Å². The lowest BCUT2D eigenvalue weighted by atomic mass is 10.0. The van der Waals surface area contributed by atoms with Crippen LogP contribution < -0.4 is 32.3 Å². The van der Waals surface area contributed by atoms with Gasteiger partial charge in [0.05, 0.1) is 24.9 Å². The van der Waals surface area contributed by atoms with Gasteiger partial charge >= 0.3 is 5.97 Å². The summed E-state index contributed by atoms with van der Waals surface area (Å²) in [4.78, 5) is 69.5. The third kappa shape index (κ3) is 21.4. The molecule has 14 heteroatoms. The average molecular weight is 697 g/mol. The van der Waals surface area contributed by atoms with Crippen LogP contribution in [0, 0.1) is 11.8 Å². The minimum absolute atomic E-state index is 0.0391. The van der Waals surface area contributed by atoms with Gasteiger partial charge in [-0.1, -0.05) is 77.1 Å². The number of rotatable bonds is 12. The van der Waals surface area contributed by atoms with E-state index < -0.39 is 41.7 Å². The first-order chi connectivity index (χ1) is 23.6. The molecule has 0 fully saturated rings. The fraction of sp³-hybridized carbons (Fsp3) is 0.389. The second-order valence-electron chi connectivity index (χ2n) is 11.8. The molecule has 0 aliphatic carbocycles. The number of furan rings is 1. The highest BCUT2D eigenvalue weighted by atomic mass is 16.4. The van der Waals surface area contributed by atoms with Gasteiger partial charge in [0, 0.05) is 25.2 Å². The number of nitrogens with one attached hydrogen (secondary N) is 5. The number of anilines is 1. The number of carbonyl (C=O) groups excluding carboxylic acids is 5. The van der Waals surface area contributed by atoms with E-state index in [0.29, 0.717) is 11.4 Å². The number of hydrogen-bond donors (Lipinski definition) is 7. The van der Waals surface area contributed by atoms with E-state index in [2.05, 4.69) is 47.4 Å². The third-order valence-corrected chi connectivity index (χ3v) is 5.81. The maximum atomic E-state index is 12.2. The predicted octanol–water partition coefficient (Wildman–Crippen LogP) is 3.42. The van der Waals surface area contributed by atoms with E-state index in [-0.39, 0.29) is 36.9 Å². The maximum absolute atomic E-state index is 12.2. The first kappa shape index (κ1) is 44.5. The van der Waals surface area contributed by atoms with Crippen molar-refractivity contribution in [2.75, 3.05) is 25.5 Å². The van der Waals surface area contributed by atoms with E-state index >= 15 is 0 Å². The first-order valence-corrected chi connectivity index (χ1v) is 16.1. The fourth-order valence-electron chi connectivity index (χ4n) is 3.56. The minimum Gasteiger partial charge on any atom is -0.478 e. The van der Waals surface area contributed by atoms with Crippen molar-refractivity contribution in [2.45, 2.75) is 60.0 Å². The molecule has 274 valence electrons. The van der Waals surface area contributed by atoms with Crippen LogP contribution in [0.15, 0.2) is 83.5 Å². The molecule has 0 spiro atoms. The Morgan fingerprint density at radius 2 is 1.36 bits per heavy atom. The zero-order chi connectivity index (χ0) is 38.1. The quantitative estimate of drug-likeness (QED) is 0.147. The van der Waals surface area contributed by atoms with E-state index in [9.17, 15) is 28.8 Å². The number of nitrogens with two attached hydrogens (primary N) is 1. The standard InChI is InChI=1S/C20H29N5O6.C6H7NO2.C6H6.C4H10/c1-11(2)18(25-16(27)9-21)19(29)22-10-17(28)23-12(3)7-15(26)24-14-6-4-5-13(8-14)20(30)31;1-7-6(8)5-3-2-4-9-5;1-2-4-6-5-3-1;1-4(2)3/h4-6,8,11-12,18H,7,9-10,21H2,1-3H3,(H,22,29)(H,23,28)(H,24,26)(H,25,27)(H,30,31);2-4H,1H3,(H,7,8);1-6H;4H,1-3H3/t12-,18?;;;/m0.../s1. The molecule has 3 aromatic rings. The molecule has 0 aliphatic heterocycles. The smallest absolute Gasteiger partial charge is 0.335 e. The molecular formula is C36H52N6O8. The van der Waals surface area contributed by atoms with Crippen molar-refractivity contribution in [1.29, 1.82) is 0 Å². The largest absolute Gasteiger partial charge is 0.478 e. The van der Waals surface area contributed by atoms with Crippen molar-refractivity contribution in [3.63, 3.8) is 0 Å². The van der Waals surface area contributed by atoms with Crippen LogP contribution in [0.2, 0.25) is 0 Å². The molecule has 3 rings (SSSR count). The van der Waals surface area contributed by atoms with E-state index in [1.807, 2.05) is 36.4 Å². The molecule has 8 N–H and O–H groups in total. The van der Waals surface area contributed by atoms with Crippen LogP contribution in [0.4, 0.5) is 5.69 Å². The first-order valence-electron chi connectivity index (χ1n) is 16.1. The average Bonchev–Trinajstić information content (AvgIpc) is 3.62. The van der Waals surface area contributed by atoms with Gasteiger partial charge < -0.3 is 41.8 Å². The normalized spacial score (nSPS) is 11.0. The molecule has 2 aromatic carbocycles. The number of hydrogen-bond acceptors (Lipinski definition) is 8. The number of aromatic carboxylic acids is 1. The van der Waals surface area contributed by atoms with Gasteiger partial charge in [-0.3, -0.25) is 24.0 Å². The Kier molecular flexibility index (Phi) is 22.7. The van der Waals surface area contributed by atoms with Crippen molar-refractivity contribution >= 4 is 41.2 Å². The number of amides is 5. The zero-order valence-corrected chi connectivity index (χ0v) is 29.8. The number of carbonyl (C=O) groups is 6. The van der Waals surface area contributed by atoms with Crippen molar-refractivity contribution < 1.29 is 38.3 Å². The zero-order valence-electron chi connectivity index (χ0n) is 29.8. The van der Waals surface area contributed by atoms with Crippen molar-refractivity contribution in [2.24, 2.45) is 17.6 Å². The van der Waals surface area contributed by atoms with Gasteiger partial charge in [0.15, 0.2) is 5.76 Å². The minimum atomic E-state index is -1.11. The molecule has 0 radical (unpaired) electrons. The highest BCUT2D eigenvalue weighted by Gasteiger charge is 2.24. The van der Waals surface area contributed by atoms with Crippen LogP contribution in [0.1, 0.15) is 68.9 Å². The molecule has 1 heterocycles. The van der Waals surface area contributed by atoms with Crippen LogP contribution in [-0.4, -0.2) is 72.8 Å². The Morgan fingerprint density at radius 3 is 1.82 bits per heavy atom. The summed E-state index contributed by atoms with van der Waals surface area (Å²) in [5.41, 5.74) is 5.61. The topological polar surface area (TPSA) is 222 Å². The molecule has 1 unspecified atom stereocenters. The summed E-state index contributed by atoms with van der Waals surface area (Å²) in [6.45, 7) is 11.0. The van der Waals surface area contributed by atoms with Gasteiger partial charge in [-0.2, -0.15) is 0 Å². The van der Waals surface area contributed by atoms with Gasteiger partial charge in [-0.15, -0.1) is 0 Å². The maximum Gasteiger partial charge on any atom is 0.335 e. The molecular weight excluding hydrogens is 644 g/mol. The summed E-state index contributed by atoms with van der Waals surface area (Å²) in [5.74, 6) is -2.25. The van der Waals surface area contributed by atoms with E-state index in [1.54, 1.807) is 46.0 Å². The molecule has 50 heavy (non-hydrogen) atoms. The lowest BCUT2D eigenvalue weighted by molar-refractivity contribution is -0.131. The SMILES string of the molecule is CC(C)C.CC(C)C(NC(=O)CN)C(=O)NCC(=O)N[C@@H](C)CC(=O)Nc1cccc(C(=O)O)c1.CNC(=O)c1ccco1.c1ccccc1. The summed E-state index contributed by atoms with van der Waals surface area (Å²) in [5, 5.41) is 21.5. The monoisotopic (exact) mass is 696 g/mol. The molecule has 2 atom stereocenters. The van der Waals surface area contributed by atoms with Gasteiger partial charge in [0.1, 0.15) is 6.04 Å². The lowest BCUT2D eigenvalue weighted by Gasteiger charge is -2.21. The summed E-state index contributed by atoms with van der Waals surface area (Å²) >= 11 is 0. The Bertz CT molecular complexity index is 1420. The summed E-state index contributed by atoms with van der Waals surface area (Å²) in [7, 11) is 1.56. The highest BCUT2D eigenvalue weighted by molar-refractivity contribution is 5.95. The van der Waals surface area contributed by atoms with Crippen LogP contribution >= 0.6 is 0 Å². The van der Waals surface area contributed by atoms with E-state index in [4.69, 9.17) is 15.3 Å². The fourth-order valence-corrected chi connectivity index (χ4v) is 3.56. The van der Waals surface area contributed by atoms with Crippen LogP contribution in [-0.2, 0) is 19.2 Å². The van der Waals surface area contributed by atoms with Gasteiger partial charge in [0.25, 0.3) is 5.91 Å². The van der Waals surface area contributed by atoms with Crippen molar-refractivity contribution in [3.8, 4) is 0 Å². The second-order valence-corrected chi connectivity index (χ2v) is 11.8. The highest BCUT2D eigenvalue weighted by Crippen LogP contribution is 2.11. The van der Waals surface area contributed by atoms with Crippen LogP contribution in [0.3, 0.4) is 0 Å². The van der Waals surface area contributed by atoms with Crippen LogP contribution in [0.5, 0.6) is 0 Å². The predicted molar refractivity (Wildman–Crippen MR) is 192 cm³/mol. The number of carboxylic acid groups (broad SMARTS) is 1. The Hall–Kier alpha value is -5.50. The van der Waals surface area contributed by atoms with Crippen LogP contribution in [0.25, 0.3) is 0 Å². The Balaban J connectivity index is 0.00000101. The van der Waals surface area contributed by atoms with E-state index in [1.165, 1.54) is 24.5 Å². The third-order valence-electron chi connectivity index (χ3n) is 5.81. The molecule has 14 nitrogen and oxygen atoms in total.